The molecule has 0 bridgehead atoms. The van der Waals surface area contributed by atoms with E-state index in [0.29, 0.717) is 24.2 Å². The predicted octanol–water partition coefficient (Wildman–Crippen LogP) is 4.64. The van der Waals surface area contributed by atoms with Gasteiger partial charge in [0.15, 0.2) is 0 Å². The summed E-state index contributed by atoms with van der Waals surface area (Å²) >= 11 is 0. The van der Waals surface area contributed by atoms with Gasteiger partial charge in [0.1, 0.15) is 5.82 Å². The second-order valence-corrected chi connectivity index (χ2v) is 7.35. The molecule has 3 heteroatoms. The van der Waals surface area contributed by atoms with E-state index in [4.69, 9.17) is 4.98 Å². The van der Waals surface area contributed by atoms with Crippen molar-refractivity contribution in [1.29, 1.82) is 0 Å². The molecule has 0 aromatic carbocycles. The predicted molar refractivity (Wildman–Crippen MR) is 95.4 cm³/mol. The Morgan fingerprint density at radius 2 is 1.77 bits per heavy atom. The number of hydrogen-bond acceptors (Lipinski definition) is 3. The molecule has 0 aliphatic carbocycles. The minimum absolute atomic E-state index is 0.463. The van der Waals surface area contributed by atoms with Gasteiger partial charge in [-0.05, 0) is 67.0 Å². The van der Waals surface area contributed by atoms with Crippen LogP contribution in [0.25, 0.3) is 0 Å². The van der Waals surface area contributed by atoms with E-state index in [1.165, 1.54) is 37.2 Å². The fourth-order valence-electron chi connectivity index (χ4n) is 3.88. The number of likely N-dealkylation sites (tertiary alicyclic amines) is 1. The fourth-order valence-corrected chi connectivity index (χ4v) is 3.88. The molecule has 0 unspecified atom stereocenters. The Morgan fingerprint density at radius 1 is 1.09 bits per heavy atom. The second kappa shape index (κ2) is 7.45. The summed E-state index contributed by atoms with van der Waals surface area (Å²) in [5.74, 6) is 1.19. The number of aromatic nitrogens is 1. The van der Waals surface area contributed by atoms with Crippen LogP contribution >= 0.6 is 0 Å². The summed E-state index contributed by atoms with van der Waals surface area (Å²) in [6, 6.07) is 6.42. The molecule has 1 aromatic heterocycles. The van der Waals surface area contributed by atoms with E-state index in [0.717, 1.165) is 0 Å². The molecule has 1 aliphatic heterocycles. The molecular formula is C19H33N3. The first-order valence-corrected chi connectivity index (χ1v) is 8.92. The van der Waals surface area contributed by atoms with Crippen molar-refractivity contribution in [2.45, 2.75) is 85.0 Å². The molecule has 1 fully saturated rings. The molecule has 2 rings (SSSR count). The minimum atomic E-state index is 0.463. The molecule has 0 amide bonds. The van der Waals surface area contributed by atoms with Gasteiger partial charge in [0.25, 0.3) is 0 Å². The van der Waals surface area contributed by atoms with Gasteiger partial charge in [0.2, 0.25) is 0 Å². The second-order valence-electron chi connectivity index (χ2n) is 7.35. The van der Waals surface area contributed by atoms with E-state index in [-0.39, 0.29) is 0 Å². The first-order valence-electron chi connectivity index (χ1n) is 8.92. The third-order valence-corrected chi connectivity index (χ3v) is 4.74. The highest BCUT2D eigenvalue weighted by atomic mass is 15.2. The molecule has 22 heavy (non-hydrogen) atoms. The van der Waals surface area contributed by atoms with Gasteiger partial charge < -0.3 is 4.90 Å². The minimum Gasteiger partial charge on any atom is -0.351 e. The van der Waals surface area contributed by atoms with Gasteiger partial charge in [0, 0.05) is 35.9 Å². The zero-order chi connectivity index (χ0) is 16.3. The van der Waals surface area contributed by atoms with Crippen LogP contribution in [0.15, 0.2) is 18.3 Å². The maximum absolute atomic E-state index is 4.79. The van der Waals surface area contributed by atoms with Crippen molar-refractivity contribution in [3.8, 4) is 0 Å². The summed E-state index contributed by atoms with van der Waals surface area (Å²) in [6.45, 7) is 14.9. The summed E-state index contributed by atoms with van der Waals surface area (Å²) in [6.07, 6.45) is 5.84. The highest BCUT2D eigenvalue weighted by Crippen LogP contribution is 2.37. The van der Waals surface area contributed by atoms with Crippen molar-refractivity contribution >= 4 is 5.82 Å². The van der Waals surface area contributed by atoms with Crippen molar-refractivity contribution in [3.05, 3.63) is 23.9 Å². The number of pyridine rings is 1. The lowest BCUT2D eigenvalue weighted by Crippen LogP contribution is -2.42. The van der Waals surface area contributed by atoms with Gasteiger partial charge in [-0.1, -0.05) is 12.5 Å². The molecule has 0 radical (unpaired) electrons. The number of rotatable bonds is 5. The van der Waals surface area contributed by atoms with Crippen molar-refractivity contribution in [2.24, 2.45) is 0 Å². The molecule has 0 saturated carbocycles. The van der Waals surface area contributed by atoms with Crippen molar-refractivity contribution in [2.75, 3.05) is 11.4 Å². The Labute approximate surface area is 136 Å². The summed E-state index contributed by atoms with van der Waals surface area (Å²) < 4.78 is 0. The van der Waals surface area contributed by atoms with Crippen LogP contribution in [0, 0.1) is 0 Å². The van der Waals surface area contributed by atoms with Crippen LogP contribution in [0.4, 0.5) is 5.82 Å². The fraction of sp³-hybridized carbons (Fsp3) is 0.737. The lowest BCUT2D eigenvalue weighted by atomic mass is 9.93. The van der Waals surface area contributed by atoms with E-state index in [2.05, 4.69) is 63.5 Å². The normalized spacial score (nSPS) is 20.1. The summed E-state index contributed by atoms with van der Waals surface area (Å²) in [5.41, 5.74) is 1.42. The van der Waals surface area contributed by atoms with E-state index >= 15 is 0 Å². The molecule has 2 heterocycles. The van der Waals surface area contributed by atoms with Crippen LogP contribution in [0.3, 0.4) is 0 Å². The van der Waals surface area contributed by atoms with Gasteiger partial charge in [-0.2, -0.15) is 0 Å². The van der Waals surface area contributed by atoms with Crippen LogP contribution < -0.4 is 4.90 Å². The van der Waals surface area contributed by atoms with Gasteiger partial charge in [0.05, 0.1) is 0 Å². The standard InChI is InChI=1S/C19H33N3/c1-14(2)21-13-8-7-11-18(21)17-10-9-12-20-19(17)22(15(3)4)16(5)6/h9-10,12,14-16,18H,7-8,11,13H2,1-6H3/t18-/m0/s1. The molecule has 1 atom stereocenters. The van der Waals surface area contributed by atoms with Crippen LogP contribution in [-0.4, -0.2) is 34.6 Å². The largest absolute Gasteiger partial charge is 0.351 e. The average Bonchev–Trinajstić information content (AvgIpc) is 2.47. The Bertz CT molecular complexity index is 460. The molecule has 1 aromatic rings. The number of anilines is 1. The quantitative estimate of drug-likeness (QED) is 0.790. The molecule has 0 spiro atoms. The van der Waals surface area contributed by atoms with E-state index in [1.807, 2.05) is 6.20 Å². The Hall–Kier alpha value is -1.09. The van der Waals surface area contributed by atoms with Gasteiger partial charge >= 0.3 is 0 Å². The third kappa shape index (κ3) is 3.62. The summed E-state index contributed by atoms with van der Waals surface area (Å²) in [4.78, 5) is 9.91. The Balaban J connectivity index is 2.42. The molecule has 3 nitrogen and oxygen atoms in total. The summed E-state index contributed by atoms with van der Waals surface area (Å²) in [7, 11) is 0. The van der Waals surface area contributed by atoms with Crippen molar-refractivity contribution in [1.82, 2.24) is 9.88 Å². The molecule has 124 valence electrons. The number of nitrogens with zero attached hydrogens (tertiary/aromatic N) is 3. The molecule has 1 saturated heterocycles. The van der Waals surface area contributed by atoms with Crippen molar-refractivity contribution < 1.29 is 0 Å². The SMILES string of the molecule is CC(C)N(c1ncccc1[C@@H]1CCCCN1C(C)C)C(C)C. The maximum atomic E-state index is 4.79. The van der Waals surface area contributed by atoms with E-state index < -0.39 is 0 Å². The maximum Gasteiger partial charge on any atom is 0.133 e. The zero-order valence-corrected chi connectivity index (χ0v) is 15.2. The topological polar surface area (TPSA) is 19.4 Å². The van der Waals surface area contributed by atoms with Crippen molar-refractivity contribution in [3.63, 3.8) is 0 Å². The lowest BCUT2D eigenvalue weighted by Gasteiger charge is -2.41. The molecular weight excluding hydrogens is 270 g/mol. The van der Waals surface area contributed by atoms with Crippen LogP contribution in [0.2, 0.25) is 0 Å². The number of piperidine rings is 1. The van der Waals surface area contributed by atoms with E-state index in [9.17, 15) is 0 Å². The summed E-state index contributed by atoms with van der Waals surface area (Å²) in [5, 5.41) is 0. The number of hydrogen-bond donors (Lipinski definition) is 0. The van der Waals surface area contributed by atoms with Gasteiger partial charge in [-0.3, -0.25) is 4.90 Å². The monoisotopic (exact) mass is 303 g/mol. The van der Waals surface area contributed by atoms with Gasteiger partial charge in [-0.15, -0.1) is 0 Å². The highest BCUT2D eigenvalue weighted by Gasteiger charge is 2.30. The third-order valence-electron chi connectivity index (χ3n) is 4.74. The van der Waals surface area contributed by atoms with Crippen LogP contribution in [0.5, 0.6) is 0 Å². The van der Waals surface area contributed by atoms with E-state index in [1.54, 1.807) is 0 Å². The highest BCUT2D eigenvalue weighted by molar-refractivity contribution is 5.50. The van der Waals surface area contributed by atoms with Crippen LogP contribution in [0.1, 0.15) is 72.4 Å². The molecule has 1 aliphatic rings. The van der Waals surface area contributed by atoms with Crippen LogP contribution in [-0.2, 0) is 0 Å². The average molecular weight is 303 g/mol. The first-order chi connectivity index (χ1) is 10.4. The Morgan fingerprint density at radius 3 is 2.36 bits per heavy atom. The smallest absolute Gasteiger partial charge is 0.133 e. The molecule has 0 N–H and O–H groups in total. The Kier molecular flexibility index (Phi) is 5.85. The lowest BCUT2D eigenvalue weighted by molar-refractivity contribution is 0.112. The van der Waals surface area contributed by atoms with Gasteiger partial charge in [-0.25, -0.2) is 4.98 Å². The first kappa shape index (κ1) is 17.3. The zero-order valence-electron chi connectivity index (χ0n) is 15.2.